The van der Waals surface area contributed by atoms with Crippen LogP contribution in [0.5, 0.6) is 0 Å². The second kappa shape index (κ2) is 6.21. The number of hydrogen-bond donors (Lipinski definition) is 0. The molecule has 104 valence electrons. The molecule has 2 heteroatoms. The first-order valence-electron chi connectivity index (χ1n) is 16.0. The molecule has 2 aromatic carbocycles. The smallest absolute Gasteiger partial charge is 0.0626 e. The molecule has 2 nitrogen and oxygen atoms in total. The van der Waals surface area contributed by atoms with Crippen LogP contribution in [0, 0.1) is 0 Å². The summed E-state index contributed by atoms with van der Waals surface area (Å²) in [5.74, 6) is 0. The quantitative estimate of drug-likeness (QED) is 0.856. The first-order valence-corrected chi connectivity index (χ1v) is 5.45. The van der Waals surface area contributed by atoms with Gasteiger partial charge in [0.1, 0.15) is 0 Å². The predicted octanol–water partition coefficient (Wildman–Crippen LogP) is 3.02. The first-order chi connectivity index (χ1) is 18.2. The van der Waals surface area contributed by atoms with E-state index in [1.165, 1.54) is 0 Å². The second-order valence-corrected chi connectivity index (χ2v) is 3.63. The largest absolute Gasteiger partial charge is 0.304 e. The number of rotatable bonds is 3. The van der Waals surface area contributed by atoms with Crippen LogP contribution in [-0.2, 0) is 0 Å². The number of benzene rings is 2. The van der Waals surface area contributed by atoms with Crippen LogP contribution in [0.2, 0.25) is 0 Å². The van der Waals surface area contributed by atoms with Gasteiger partial charge in [0.15, 0.2) is 0 Å². The van der Waals surface area contributed by atoms with Crippen LogP contribution in [0.1, 0.15) is 46.0 Å². The first kappa shape index (κ1) is 3.23. The predicted molar refractivity (Wildman–Crippen MR) is 83.8 cm³/mol. The third-order valence-corrected chi connectivity index (χ3v) is 2.41. The summed E-state index contributed by atoms with van der Waals surface area (Å²) < 4.78 is 173. The molecule has 1 fully saturated rings. The highest BCUT2D eigenvalue weighted by molar-refractivity contribution is 5.31. The van der Waals surface area contributed by atoms with E-state index >= 15 is 0 Å². The molecule has 0 N–H and O–H groups in total. The van der Waals surface area contributed by atoms with Gasteiger partial charge in [-0.2, -0.15) is 0 Å². The Kier molecular flexibility index (Phi) is 1.00. The fourth-order valence-electron chi connectivity index (χ4n) is 1.59. The lowest BCUT2D eigenvalue weighted by Crippen LogP contribution is -2.46. The van der Waals surface area contributed by atoms with E-state index in [9.17, 15) is 0 Å². The molecule has 0 radical (unpaired) electrons. The Hall–Kier alpha value is -1.64. The van der Waals surface area contributed by atoms with Gasteiger partial charge in [-0.05, 0) is 18.1 Å². The Bertz CT molecular complexity index is 1260. The third kappa shape index (κ3) is 2.92. The van der Waals surface area contributed by atoms with Crippen LogP contribution < -0.4 is 0 Å². The molecular formula is C18H22N2. The highest BCUT2D eigenvalue weighted by atomic mass is 15.3. The molecule has 0 aliphatic carbocycles. The van der Waals surface area contributed by atoms with Gasteiger partial charge < -0.3 is 4.90 Å². The van der Waals surface area contributed by atoms with Gasteiger partial charge in [0, 0.05) is 41.1 Å². The molecule has 20 heavy (non-hydrogen) atoms. The van der Waals surface area contributed by atoms with Crippen molar-refractivity contribution in [1.29, 1.82) is 0 Å². The highest BCUT2D eigenvalue weighted by Crippen LogP contribution is 2.29. The normalized spacial score (nSPS) is 43.4. The molecule has 0 spiro atoms. The summed E-state index contributed by atoms with van der Waals surface area (Å²) in [6.07, 6.45) is 0. The van der Waals surface area contributed by atoms with Crippen LogP contribution in [-0.4, -0.2) is 42.8 Å². The fourth-order valence-corrected chi connectivity index (χ4v) is 1.59. The summed E-state index contributed by atoms with van der Waals surface area (Å²) >= 11 is 0. The van der Waals surface area contributed by atoms with Crippen molar-refractivity contribution < 1.29 is 28.8 Å². The minimum Gasteiger partial charge on any atom is -0.304 e. The molecule has 0 bridgehead atoms. The summed E-state index contributed by atoms with van der Waals surface area (Å²) in [5, 5.41) is 0. The van der Waals surface area contributed by atoms with Crippen molar-refractivity contribution >= 4 is 0 Å². The zero-order chi connectivity index (χ0) is 32.2. The number of likely N-dealkylation sites (N-methyl/N-ethyl adjacent to an activating group) is 1. The van der Waals surface area contributed by atoms with Gasteiger partial charge in [0.05, 0.1) is 19.7 Å². The van der Waals surface area contributed by atoms with Crippen LogP contribution in [0.3, 0.4) is 0 Å². The maximum atomic E-state index is 8.65. The highest BCUT2D eigenvalue weighted by Gasteiger charge is 2.24. The number of nitrogens with zero attached hydrogens (tertiary/aromatic N) is 2. The molecule has 1 saturated heterocycles. The SMILES string of the molecule is [2H]c1c([2H])c([2H])c(C(c2c([2H])c([2H])c([2H])c([2H])c2[2H])N2C([2H])([2H])C([2H])([2H])N(C([2H])([2H])[2H])C([2H])([2H])C2([2H])[2H])c([2H])c1[2H]. The molecule has 0 atom stereocenters. The van der Waals surface area contributed by atoms with Crippen molar-refractivity contribution in [3.05, 3.63) is 71.6 Å². The van der Waals surface area contributed by atoms with Crippen molar-refractivity contribution in [2.45, 2.75) is 6.04 Å². The minimum absolute atomic E-state index is 0.302. The summed E-state index contributed by atoms with van der Waals surface area (Å²) in [7, 11) is 0. The molecule has 0 saturated carbocycles. The molecule has 1 heterocycles. The number of hydrogen-bond acceptors (Lipinski definition) is 2. The molecule has 3 rings (SSSR count). The van der Waals surface area contributed by atoms with E-state index in [1.54, 1.807) is 0 Å². The molecule has 0 aromatic heterocycles. The van der Waals surface area contributed by atoms with E-state index in [4.69, 9.17) is 28.8 Å². The third-order valence-electron chi connectivity index (χ3n) is 2.41. The van der Waals surface area contributed by atoms with Crippen LogP contribution in [0.4, 0.5) is 0 Å². The molecule has 2 aromatic rings. The van der Waals surface area contributed by atoms with Crippen LogP contribution in [0.15, 0.2) is 60.4 Å². The van der Waals surface area contributed by atoms with Crippen molar-refractivity contribution in [2.24, 2.45) is 0 Å². The van der Waals surface area contributed by atoms with Gasteiger partial charge in [-0.25, -0.2) is 0 Å². The molecule has 1 aliphatic heterocycles. The van der Waals surface area contributed by atoms with Crippen LogP contribution >= 0.6 is 0 Å². The Morgan fingerprint density at radius 1 is 0.900 bits per heavy atom. The zero-order valence-corrected chi connectivity index (χ0v) is 9.97. The molecule has 0 unspecified atom stereocenters. The Labute approximate surface area is 151 Å². The van der Waals surface area contributed by atoms with Gasteiger partial charge in [-0.15, -0.1) is 0 Å². The Balaban J connectivity index is 2.68. The lowest BCUT2D eigenvalue weighted by molar-refractivity contribution is 0.127. The van der Waals surface area contributed by atoms with Crippen molar-refractivity contribution in [2.75, 3.05) is 33.0 Å². The monoisotopic (exact) mass is 287 g/mol. The Morgan fingerprint density at radius 3 is 1.85 bits per heavy atom. The summed E-state index contributed by atoms with van der Waals surface area (Å²) in [5.41, 5.74) is -2.15. The van der Waals surface area contributed by atoms with Gasteiger partial charge in [0.25, 0.3) is 0 Å². The van der Waals surface area contributed by atoms with Crippen molar-refractivity contribution in [1.82, 2.24) is 9.80 Å². The fraction of sp³-hybridized carbons (Fsp3) is 0.333. The van der Waals surface area contributed by atoms with Gasteiger partial charge in [0.2, 0.25) is 0 Å². The molecular weight excluding hydrogens is 244 g/mol. The maximum absolute atomic E-state index is 8.65. The van der Waals surface area contributed by atoms with Crippen molar-refractivity contribution in [3.63, 3.8) is 0 Å². The minimum atomic E-state index is -3.98. The average molecular weight is 288 g/mol. The van der Waals surface area contributed by atoms with Gasteiger partial charge in [-0.1, -0.05) is 60.4 Å². The van der Waals surface area contributed by atoms with E-state index in [2.05, 4.69) is 0 Å². The van der Waals surface area contributed by atoms with Gasteiger partial charge >= 0.3 is 0 Å². The zero-order valence-electron chi connectivity index (χ0n) is 31.0. The lowest BCUT2D eigenvalue weighted by Gasteiger charge is -2.38. The van der Waals surface area contributed by atoms with Crippen molar-refractivity contribution in [3.8, 4) is 0 Å². The summed E-state index contributed by atoms with van der Waals surface area (Å²) in [4.78, 5) is -0.950. The van der Waals surface area contributed by atoms with Crippen LogP contribution in [0.25, 0.3) is 0 Å². The molecule has 0 amide bonds. The van der Waals surface area contributed by atoms with E-state index in [1.807, 2.05) is 0 Å². The van der Waals surface area contributed by atoms with E-state index in [0.29, 0.717) is 0 Å². The maximum Gasteiger partial charge on any atom is 0.0626 e. The number of piperazine rings is 1. The van der Waals surface area contributed by atoms with Gasteiger partial charge in [-0.3, -0.25) is 4.90 Å². The average Bonchev–Trinajstić information content (AvgIpc) is 2.81. The standard InChI is InChI=1S/C18H22N2/c1-19-12-14-20(15-13-19)18(16-8-4-2-5-9-16)17-10-6-3-7-11-17/h2-11,18H,12-15H2,1H3/i1D3,2D,3D,4D,5D,6D,7D,8D,9D,10D,11D,12D2,13D2,14D2,15D2. The van der Waals surface area contributed by atoms with E-state index < -0.39 is 115 Å². The second-order valence-electron chi connectivity index (χ2n) is 3.63. The van der Waals surface area contributed by atoms with E-state index in [0.717, 1.165) is 0 Å². The summed E-state index contributed by atoms with van der Waals surface area (Å²) in [6.45, 7) is -19.7. The Morgan fingerprint density at radius 2 is 1.40 bits per heavy atom. The van der Waals surface area contributed by atoms with E-state index in [-0.39, 0.29) is 4.90 Å². The topological polar surface area (TPSA) is 6.48 Å². The summed E-state index contributed by atoms with van der Waals surface area (Å²) in [6, 6.07) is -13.5. The lowest BCUT2D eigenvalue weighted by atomic mass is 9.96. The molecule has 1 aliphatic rings.